The van der Waals surface area contributed by atoms with E-state index in [9.17, 15) is 14.4 Å². The summed E-state index contributed by atoms with van der Waals surface area (Å²) in [5, 5.41) is 2.70. The third kappa shape index (κ3) is 7.36. The summed E-state index contributed by atoms with van der Waals surface area (Å²) in [6.45, 7) is 13.1. The quantitative estimate of drug-likeness (QED) is 0.293. The second-order valence-electron chi connectivity index (χ2n) is 11.4. The number of alkyl carbamates (subject to hydrolysis) is 1. The maximum Gasteiger partial charge on any atom is 0.407 e. The molecule has 0 saturated carbocycles. The van der Waals surface area contributed by atoms with Crippen LogP contribution in [0.2, 0.25) is 0 Å². The molecule has 3 rings (SSSR count). The Labute approximate surface area is 226 Å². The third-order valence-electron chi connectivity index (χ3n) is 6.70. The zero-order valence-electron chi connectivity index (χ0n) is 23.6. The van der Waals surface area contributed by atoms with Crippen LogP contribution in [0.1, 0.15) is 78.4 Å². The second kappa shape index (κ2) is 12.5. The molecule has 0 radical (unpaired) electrons. The lowest BCUT2D eigenvalue weighted by Crippen LogP contribution is -2.48. The molecule has 7 nitrogen and oxygen atoms in total. The molecule has 0 fully saturated rings. The van der Waals surface area contributed by atoms with Crippen LogP contribution in [-0.4, -0.2) is 42.4 Å². The van der Waals surface area contributed by atoms with E-state index in [4.69, 9.17) is 14.2 Å². The summed E-state index contributed by atoms with van der Waals surface area (Å²) in [4.78, 5) is 38.9. The Bertz CT molecular complexity index is 1090. The molecule has 2 aromatic rings. The lowest BCUT2D eigenvalue weighted by molar-refractivity contribution is -0.178. The van der Waals surface area contributed by atoms with Gasteiger partial charge in [-0.25, -0.2) is 14.4 Å². The molecular formula is C31H41NO6. The molecule has 1 amide bonds. The maximum absolute atomic E-state index is 13.2. The normalized spacial score (nSPS) is 15.2. The molecule has 206 valence electrons. The minimum atomic E-state index is -1.06. The van der Waals surface area contributed by atoms with Gasteiger partial charge >= 0.3 is 18.0 Å². The van der Waals surface area contributed by atoms with Gasteiger partial charge < -0.3 is 19.5 Å². The van der Waals surface area contributed by atoms with E-state index in [0.29, 0.717) is 12.8 Å². The van der Waals surface area contributed by atoms with Crippen LogP contribution < -0.4 is 5.32 Å². The number of carbonyl (C=O) groups is 3. The monoisotopic (exact) mass is 523 g/mol. The van der Waals surface area contributed by atoms with Gasteiger partial charge in [-0.1, -0.05) is 82.6 Å². The zero-order chi connectivity index (χ0) is 28.0. The van der Waals surface area contributed by atoms with Crippen LogP contribution in [0, 0.1) is 11.8 Å². The summed E-state index contributed by atoms with van der Waals surface area (Å²) < 4.78 is 16.8. The van der Waals surface area contributed by atoms with Gasteiger partial charge in [-0.05, 0) is 61.3 Å². The molecule has 7 heteroatoms. The van der Waals surface area contributed by atoms with Crippen LogP contribution in [0.4, 0.5) is 4.79 Å². The van der Waals surface area contributed by atoms with Crippen LogP contribution in [0.3, 0.4) is 0 Å². The topological polar surface area (TPSA) is 90.9 Å². The zero-order valence-corrected chi connectivity index (χ0v) is 23.6. The molecule has 0 bridgehead atoms. The Hall–Kier alpha value is -3.35. The molecule has 0 aliphatic heterocycles. The number of ether oxygens (including phenoxy) is 3. The average molecular weight is 524 g/mol. The minimum absolute atomic E-state index is 0.0928. The van der Waals surface area contributed by atoms with Crippen molar-refractivity contribution in [3.63, 3.8) is 0 Å². The van der Waals surface area contributed by atoms with Crippen LogP contribution in [0.5, 0.6) is 0 Å². The van der Waals surface area contributed by atoms with Crippen LogP contribution in [0.15, 0.2) is 48.5 Å². The van der Waals surface area contributed by atoms with Gasteiger partial charge in [0.1, 0.15) is 18.2 Å². The Balaban J connectivity index is 1.69. The third-order valence-corrected chi connectivity index (χ3v) is 6.70. The Morgan fingerprint density at radius 3 is 1.95 bits per heavy atom. The van der Waals surface area contributed by atoms with E-state index in [-0.39, 0.29) is 24.4 Å². The summed E-state index contributed by atoms with van der Waals surface area (Å²) >= 11 is 0. The number of amides is 1. The predicted molar refractivity (Wildman–Crippen MR) is 147 cm³/mol. The van der Waals surface area contributed by atoms with E-state index in [1.807, 2.05) is 64.1 Å². The molecule has 0 unspecified atom stereocenters. The lowest BCUT2D eigenvalue weighted by atomic mass is 9.98. The van der Waals surface area contributed by atoms with Crippen LogP contribution >= 0.6 is 0 Å². The number of hydrogen-bond acceptors (Lipinski definition) is 6. The summed E-state index contributed by atoms with van der Waals surface area (Å²) in [5.74, 6) is -1.50. The first kappa shape index (κ1) is 29.2. The summed E-state index contributed by atoms with van der Waals surface area (Å²) in [5.41, 5.74) is 3.77. The van der Waals surface area contributed by atoms with Gasteiger partial charge in [-0.2, -0.15) is 0 Å². The number of hydrogen-bond donors (Lipinski definition) is 1. The standard InChI is InChI=1S/C31H41NO6/c1-8-20(4)27(29(34)37-26(17-19(2)3)28(33)38-31(5,6)7)32-30(35)36-18-25-23-15-11-9-13-21(23)22-14-10-12-16-24(22)25/h9-16,19-20,25-27H,8,17-18H2,1-7H3,(H,32,35)/t20-,26-,27-/m0/s1. The number of esters is 2. The van der Waals surface area contributed by atoms with E-state index in [2.05, 4.69) is 17.4 Å². The van der Waals surface area contributed by atoms with Crippen molar-refractivity contribution in [3.8, 4) is 11.1 Å². The van der Waals surface area contributed by atoms with Crippen molar-refractivity contribution in [2.45, 2.75) is 85.0 Å². The minimum Gasteiger partial charge on any atom is -0.457 e. The Morgan fingerprint density at radius 1 is 0.895 bits per heavy atom. The van der Waals surface area contributed by atoms with Crippen molar-refractivity contribution in [2.75, 3.05) is 6.61 Å². The molecule has 3 atom stereocenters. The highest BCUT2D eigenvalue weighted by Crippen LogP contribution is 2.44. The Kier molecular flexibility index (Phi) is 9.58. The van der Waals surface area contributed by atoms with E-state index >= 15 is 0 Å². The van der Waals surface area contributed by atoms with Crippen LogP contribution in [0.25, 0.3) is 11.1 Å². The number of carbonyl (C=O) groups excluding carboxylic acids is 3. The highest BCUT2D eigenvalue weighted by molar-refractivity contribution is 5.85. The van der Waals surface area contributed by atoms with Gasteiger partial charge in [0.15, 0.2) is 6.10 Å². The fraction of sp³-hybridized carbons (Fsp3) is 0.516. The van der Waals surface area contributed by atoms with Crippen molar-refractivity contribution >= 4 is 18.0 Å². The molecule has 1 N–H and O–H groups in total. The number of rotatable bonds is 10. The number of fused-ring (bicyclic) bond motifs is 3. The molecule has 0 spiro atoms. The smallest absolute Gasteiger partial charge is 0.407 e. The fourth-order valence-electron chi connectivity index (χ4n) is 4.64. The van der Waals surface area contributed by atoms with Crippen molar-refractivity contribution in [1.29, 1.82) is 0 Å². The van der Waals surface area contributed by atoms with Crippen molar-refractivity contribution in [2.24, 2.45) is 11.8 Å². The summed E-state index contributed by atoms with van der Waals surface area (Å²) in [6, 6.07) is 15.2. The van der Waals surface area contributed by atoms with Gasteiger partial charge in [0.25, 0.3) is 0 Å². The van der Waals surface area contributed by atoms with E-state index in [1.54, 1.807) is 20.8 Å². The number of benzene rings is 2. The van der Waals surface area contributed by atoms with Crippen LogP contribution in [-0.2, 0) is 23.8 Å². The molecule has 0 saturated heterocycles. The van der Waals surface area contributed by atoms with Gasteiger partial charge in [0.2, 0.25) is 0 Å². The van der Waals surface area contributed by atoms with E-state index in [0.717, 1.165) is 22.3 Å². The first-order valence-electron chi connectivity index (χ1n) is 13.5. The first-order chi connectivity index (χ1) is 17.9. The molecular weight excluding hydrogens is 482 g/mol. The maximum atomic E-state index is 13.2. The van der Waals surface area contributed by atoms with Crippen molar-refractivity contribution < 1.29 is 28.6 Å². The largest absolute Gasteiger partial charge is 0.457 e. The molecule has 2 aromatic carbocycles. The first-order valence-corrected chi connectivity index (χ1v) is 13.5. The van der Waals surface area contributed by atoms with Gasteiger partial charge in [0.05, 0.1) is 0 Å². The lowest BCUT2D eigenvalue weighted by Gasteiger charge is -2.28. The molecule has 0 heterocycles. The second-order valence-corrected chi connectivity index (χ2v) is 11.4. The van der Waals surface area contributed by atoms with Crippen molar-refractivity contribution in [1.82, 2.24) is 5.32 Å². The number of nitrogens with one attached hydrogen (secondary N) is 1. The summed E-state index contributed by atoms with van der Waals surface area (Å²) in [6.07, 6.45) is -0.826. The van der Waals surface area contributed by atoms with Gasteiger partial charge in [0, 0.05) is 5.92 Å². The van der Waals surface area contributed by atoms with E-state index < -0.39 is 35.8 Å². The summed E-state index contributed by atoms with van der Waals surface area (Å²) in [7, 11) is 0. The highest BCUT2D eigenvalue weighted by Gasteiger charge is 2.35. The van der Waals surface area contributed by atoms with E-state index in [1.165, 1.54) is 0 Å². The molecule has 1 aliphatic carbocycles. The Morgan fingerprint density at radius 2 is 1.45 bits per heavy atom. The average Bonchev–Trinajstić information content (AvgIpc) is 3.17. The highest BCUT2D eigenvalue weighted by atomic mass is 16.6. The predicted octanol–water partition coefficient (Wildman–Crippen LogP) is 6.24. The SMILES string of the molecule is CC[C@H](C)[C@H](NC(=O)OCC1c2ccccc2-c2ccccc21)C(=O)O[C@@H](CC(C)C)C(=O)OC(C)(C)C. The van der Waals surface area contributed by atoms with Gasteiger partial charge in [-0.3, -0.25) is 0 Å². The molecule has 38 heavy (non-hydrogen) atoms. The fourth-order valence-corrected chi connectivity index (χ4v) is 4.64. The molecule has 1 aliphatic rings. The van der Waals surface area contributed by atoms with Gasteiger partial charge in [-0.15, -0.1) is 0 Å². The molecule has 0 aromatic heterocycles. The van der Waals surface area contributed by atoms with Crippen molar-refractivity contribution in [3.05, 3.63) is 59.7 Å².